The number of nitrogens with zero attached hydrogens (tertiary/aromatic N) is 1. The lowest BCUT2D eigenvalue weighted by Gasteiger charge is -2.35. The second kappa shape index (κ2) is 9.24. The van der Waals surface area contributed by atoms with E-state index in [4.69, 9.17) is 4.42 Å². The van der Waals surface area contributed by atoms with E-state index in [1.54, 1.807) is 0 Å². The first-order valence-corrected chi connectivity index (χ1v) is 9.24. The summed E-state index contributed by atoms with van der Waals surface area (Å²) in [6.45, 7) is 1.54. The topological polar surface area (TPSA) is 101 Å². The molecule has 8 nitrogen and oxygen atoms in total. The average molecular weight is 436 g/mol. The normalized spacial score (nSPS) is 17.2. The number of esters is 1. The van der Waals surface area contributed by atoms with E-state index in [2.05, 4.69) is 10.1 Å². The third-order valence-corrected chi connectivity index (χ3v) is 5.52. The molecule has 0 spiro atoms. The number of aryl methyl sites for hydroxylation is 1. The highest BCUT2D eigenvalue weighted by molar-refractivity contribution is 7.89. The first kappa shape index (κ1) is 23.7. The van der Waals surface area contributed by atoms with Crippen LogP contribution in [-0.4, -0.2) is 71.3 Å². The van der Waals surface area contributed by atoms with Gasteiger partial charge in [-0.1, -0.05) is 0 Å². The predicted octanol–water partition coefficient (Wildman–Crippen LogP) is 0.911. The number of alkyl halides is 3. The number of carbonyl (C=O) groups is 1. The van der Waals surface area contributed by atoms with Gasteiger partial charge in [0, 0.05) is 38.8 Å². The van der Waals surface area contributed by atoms with Gasteiger partial charge < -0.3 is 14.5 Å². The molecule has 1 unspecified atom stereocenters. The molecule has 2 heterocycles. The molecule has 0 saturated carbocycles. The van der Waals surface area contributed by atoms with Gasteiger partial charge in [-0.2, -0.15) is 13.2 Å². The number of ether oxygens (including phenoxy) is 1. The molecule has 0 radical (unpaired) electrons. The monoisotopic (exact) mass is 435 g/mol. The van der Waals surface area contributed by atoms with Gasteiger partial charge in [0.15, 0.2) is 0 Å². The molecular weight excluding hydrogens is 415 g/mol. The SMILES string of the molecule is COC(=O)c1cc(S(=O)(=O)NCC(N2CCNCC2)C(F)(F)F)c(C)o1.Cl. The zero-order valence-corrected chi connectivity index (χ0v) is 16.3. The lowest BCUT2D eigenvalue weighted by atomic mass is 10.2. The zero-order valence-electron chi connectivity index (χ0n) is 14.6. The highest BCUT2D eigenvalue weighted by atomic mass is 35.5. The van der Waals surface area contributed by atoms with Crippen LogP contribution in [0.2, 0.25) is 0 Å². The maximum Gasteiger partial charge on any atom is 0.405 e. The van der Waals surface area contributed by atoms with Gasteiger partial charge in [-0.15, -0.1) is 12.4 Å². The van der Waals surface area contributed by atoms with E-state index in [9.17, 15) is 26.4 Å². The molecule has 13 heteroatoms. The fraction of sp³-hybridized carbons (Fsp3) is 0.643. The number of carbonyl (C=O) groups excluding carboxylic acids is 1. The number of hydrogen-bond donors (Lipinski definition) is 2. The van der Waals surface area contributed by atoms with Gasteiger partial charge in [-0.3, -0.25) is 4.90 Å². The van der Waals surface area contributed by atoms with Gasteiger partial charge >= 0.3 is 12.1 Å². The number of piperazine rings is 1. The molecule has 0 amide bonds. The van der Waals surface area contributed by atoms with Crippen molar-refractivity contribution in [1.82, 2.24) is 14.9 Å². The van der Waals surface area contributed by atoms with Gasteiger partial charge in [0.1, 0.15) is 16.7 Å². The van der Waals surface area contributed by atoms with Crippen molar-refractivity contribution in [2.75, 3.05) is 39.8 Å². The minimum atomic E-state index is -4.59. The van der Waals surface area contributed by atoms with Crippen LogP contribution in [0.15, 0.2) is 15.4 Å². The van der Waals surface area contributed by atoms with Crippen LogP contribution in [0.1, 0.15) is 16.3 Å². The Morgan fingerprint density at radius 1 is 1.41 bits per heavy atom. The van der Waals surface area contributed by atoms with Crippen LogP contribution in [-0.2, 0) is 14.8 Å². The molecule has 156 valence electrons. The fourth-order valence-corrected chi connectivity index (χ4v) is 3.86. The molecule has 27 heavy (non-hydrogen) atoms. The minimum Gasteiger partial charge on any atom is -0.463 e. The standard InChI is InChI=1S/C14H20F3N3O5S.ClH/c1-9-11(7-10(25-9)13(21)24-2)26(22,23)19-8-12(14(15,16)17)20-5-3-18-4-6-20;/h7,12,18-19H,3-6,8H2,1-2H3;1H. The van der Waals surface area contributed by atoms with Gasteiger partial charge in [0.05, 0.1) is 7.11 Å². The van der Waals surface area contributed by atoms with Crippen molar-refractivity contribution >= 4 is 28.4 Å². The summed E-state index contributed by atoms with van der Waals surface area (Å²) in [7, 11) is -3.21. The summed E-state index contributed by atoms with van der Waals surface area (Å²) in [5, 5.41) is 2.94. The van der Waals surface area contributed by atoms with Crippen LogP contribution in [0.3, 0.4) is 0 Å². The third-order valence-electron chi connectivity index (χ3n) is 3.99. The number of sulfonamides is 1. The van der Waals surface area contributed by atoms with Crippen LogP contribution in [0.25, 0.3) is 0 Å². The van der Waals surface area contributed by atoms with Gasteiger partial charge in [0.25, 0.3) is 0 Å². The molecule has 2 N–H and O–H groups in total. The second-order valence-corrected chi connectivity index (χ2v) is 7.45. The number of rotatable bonds is 6. The number of furan rings is 1. The summed E-state index contributed by atoms with van der Waals surface area (Å²) in [4.78, 5) is 12.2. The predicted molar refractivity (Wildman–Crippen MR) is 91.5 cm³/mol. The Kier molecular flexibility index (Phi) is 8.11. The molecule has 0 aliphatic carbocycles. The van der Waals surface area contributed by atoms with Gasteiger partial charge in [0.2, 0.25) is 15.8 Å². The summed E-state index contributed by atoms with van der Waals surface area (Å²) < 4.78 is 76.2. The number of methoxy groups -OCH3 is 1. The van der Waals surface area contributed by atoms with E-state index in [0.717, 1.165) is 13.2 Å². The first-order valence-electron chi connectivity index (χ1n) is 7.76. The number of nitrogens with one attached hydrogen (secondary N) is 2. The molecule has 1 aromatic heterocycles. The average Bonchev–Trinajstić information content (AvgIpc) is 2.96. The first-order chi connectivity index (χ1) is 12.1. The van der Waals surface area contributed by atoms with Crippen molar-refractivity contribution in [1.29, 1.82) is 0 Å². The van der Waals surface area contributed by atoms with Crippen LogP contribution < -0.4 is 10.0 Å². The molecular formula is C14H21ClF3N3O5S. The molecule has 1 fully saturated rings. The van der Waals surface area contributed by atoms with Gasteiger partial charge in [-0.05, 0) is 6.92 Å². The van der Waals surface area contributed by atoms with E-state index in [0.29, 0.717) is 13.1 Å². The fourth-order valence-electron chi connectivity index (χ4n) is 2.65. The molecule has 0 bridgehead atoms. The van der Waals surface area contributed by atoms with Gasteiger partial charge in [-0.25, -0.2) is 17.9 Å². The lowest BCUT2D eigenvalue weighted by Crippen LogP contribution is -2.57. The molecule has 1 aliphatic heterocycles. The van der Waals surface area contributed by atoms with Crippen molar-refractivity contribution in [3.8, 4) is 0 Å². The maximum atomic E-state index is 13.3. The number of hydrogen-bond acceptors (Lipinski definition) is 7. The molecule has 1 atom stereocenters. The van der Waals surface area contributed by atoms with E-state index >= 15 is 0 Å². The van der Waals surface area contributed by atoms with Crippen LogP contribution >= 0.6 is 12.4 Å². The Balaban J connectivity index is 0.00000364. The van der Waals surface area contributed by atoms with Crippen LogP contribution in [0, 0.1) is 6.92 Å². The summed E-state index contributed by atoms with van der Waals surface area (Å²) in [6.07, 6.45) is -4.59. The lowest BCUT2D eigenvalue weighted by molar-refractivity contribution is -0.182. The highest BCUT2D eigenvalue weighted by Gasteiger charge is 2.44. The third kappa shape index (κ3) is 5.82. The van der Waals surface area contributed by atoms with Crippen molar-refractivity contribution in [2.45, 2.75) is 24.0 Å². The smallest absolute Gasteiger partial charge is 0.405 e. The Labute approximate surface area is 160 Å². The Bertz CT molecular complexity index is 748. The molecule has 1 aromatic rings. The maximum absolute atomic E-state index is 13.3. The van der Waals surface area contributed by atoms with E-state index < -0.39 is 39.7 Å². The van der Waals surface area contributed by atoms with Crippen LogP contribution in [0.5, 0.6) is 0 Å². The molecule has 2 rings (SSSR count). The highest BCUT2D eigenvalue weighted by Crippen LogP contribution is 2.26. The Hall–Kier alpha value is -1.34. The largest absolute Gasteiger partial charge is 0.463 e. The minimum absolute atomic E-state index is 0. The summed E-state index contributed by atoms with van der Waals surface area (Å²) >= 11 is 0. The van der Waals surface area contributed by atoms with E-state index in [1.165, 1.54) is 11.8 Å². The van der Waals surface area contributed by atoms with Crippen molar-refractivity contribution < 1.29 is 35.5 Å². The Morgan fingerprint density at radius 2 is 2.00 bits per heavy atom. The number of halogens is 4. The molecule has 0 aromatic carbocycles. The molecule has 1 saturated heterocycles. The van der Waals surface area contributed by atoms with Crippen molar-refractivity contribution in [3.63, 3.8) is 0 Å². The Morgan fingerprint density at radius 3 is 2.52 bits per heavy atom. The second-order valence-electron chi connectivity index (χ2n) is 5.72. The summed E-state index contributed by atoms with van der Waals surface area (Å²) in [5.41, 5.74) is 0. The molecule has 1 aliphatic rings. The van der Waals surface area contributed by atoms with Crippen molar-refractivity contribution in [2.24, 2.45) is 0 Å². The summed E-state index contributed by atoms with van der Waals surface area (Å²) in [5.74, 6) is -1.35. The quantitative estimate of drug-likeness (QED) is 0.640. The van der Waals surface area contributed by atoms with Crippen LogP contribution in [0.4, 0.5) is 13.2 Å². The van der Waals surface area contributed by atoms with Crippen molar-refractivity contribution in [3.05, 3.63) is 17.6 Å². The van der Waals surface area contributed by atoms with E-state index in [-0.39, 0.29) is 37.0 Å². The zero-order chi connectivity index (χ0) is 19.5. The van der Waals surface area contributed by atoms with E-state index in [1.807, 2.05) is 4.72 Å². The summed E-state index contributed by atoms with van der Waals surface area (Å²) in [6, 6.07) is -1.02.